The van der Waals surface area contributed by atoms with E-state index in [4.69, 9.17) is 17.0 Å². The van der Waals surface area contributed by atoms with Crippen LogP contribution in [0.4, 0.5) is 0 Å². The van der Waals surface area contributed by atoms with Gasteiger partial charge in [-0.1, -0.05) is 30.3 Å². The van der Waals surface area contributed by atoms with E-state index < -0.39 is 0 Å². The lowest BCUT2D eigenvalue weighted by Gasteiger charge is -2.25. The molecule has 3 rings (SSSR count). The van der Waals surface area contributed by atoms with Gasteiger partial charge in [0.1, 0.15) is 12.3 Å². The first-order chi connectivity index (χ1) is 13.0. The molecule has 3 aromatic rings. The molecule has 0 spiro atoms. The van der Waals surface area contributed by atoms with Gasteiger partial charge in [-0.25, -0.2) is 0 Å². The van der Waals surface area contributed by atoms with E-state index in [1.54, 1.807) is 23.6 Å². The third-order valence-electron chi connectivity index (χ3n) is 4.66. The normalized spacial score (nSPS) is 11.8. The molecule has 0 unspecified atom stereocenters. The molecule has 0 saturated heterocycles. The highest BCUT2D eigenvalue weighted by Gasteiger charge is 2.20. The van der Waals surface area contributed by atoms with Gasteiger partial charge in [0, 0.05) is 12.6 Å². The molecule has 1 amide bonds. The summed E-state index contributed by atoms with van der Waals surface area (Å²) >= 11 is 5.34. The monoisotopic (exact) mass is 382 g/mol. The summed E-state index contributed by atoms with van der Waals surface area (Å²) in [5, 5.41) is 7.07. The average Bonchev–Trinajstić information content (AvgIpc) is 3.07. The maximum atomic E-state index is 12.9. The summed E-state index contributed by atoms with van der Waals surface area (Å²) in [5.41, 5.74) is 1.94. The number of aromatic amines is 1. The van der Waals surface area contributed by atoms with E-state index in [1.807, 2.05) is 61.5 Å². The highest BCUT2D eigenvalue weighted by atomic mass is 32.1. The lowest BCUT2D eigenvalue weighted by atomic mass is 10.1. The van der Waals surface area contributed by atoms with Gasteiger partial charge in [0.2, 0.25) is 5.91 Å². The molecule has 0 saturated carbocycles. The van der Waals surface area contributed by atoms with E-state index in [9.17, 15) is 4.79 Å². The molecule has 0 fully saturated rings. The van der Waals surface area contributed by atoms with E-state index in [0.717, 1.165) is 16.9 Å². The number of likely N-dealkylation sites (N-methyl/N-ethyl adjacent to an activating group) is 1. The zero-order valence-corrected chi connectivity index (χ0v) is 16.4. The fourth-order valence-electron chi connectivity index (χ4n) is 2.84. The summed E-state index contributed by atoms with van der Waals surface area (Å²) in [5.74, 6) is 1.34. The van der Waals surface area contributed by atoms with Crippen molar-refractivity contribution in [2.75, 3.05) is 14.2 Å². The molecule has 1 aromatic heterocycles. The summed E-state index contributed by atoms with van der Waals surface area (Å²) in [4.78, 5) is 14.6. The number of nitrogens with zero attached hydrogens (tertiary/aromatic N) is 3. The number of nitrogens with one attached hydrogen (secondary N) is 1. The maximum Gasteiger partial charge on any atom is 0.242 e. The van der Waals surface area contributed by atoms with Crippen molar-refractivity contribution >= 4 is 18.1 Å². The average molecular weight is 382 g/mol. The minimum atomic E-state index is -0.0429. The molecule has 2 aromatic carbocycles. The Morgan fingerprint density at radius 2 is 1.89 bits per heavy atom. The minimum absolute atomic E-state index is 0.0378. The number of methoxy groups -OCH3 is 1. The number of amides is 1. The molecule has 6 nitrogen and oxygen atoms in total. The minimum Gasteiger partial charge on any atom is -0.497 e. The van der Waals surface area contributed by atoms with Crippen LogP contribution in [-0.4, -0.2) is 39.7 Å². The summed E-state index contributed by atoms with van der Waals surface area (Å²) in [6.07, 6.45) is 0. The van der Waals surface area contributed by atoms with Gasteiger partial charge in [-0.2, -0.15) is 5.10 Å². The van der Waals surface area contributed by atoms with Crippen molar-refractivity contribution in [3.63, 3.8) is 0 Å². The number of rotatable bonds is 6. The van der Waals surface area contributed by atoms with Gasteiger partial charge in [0.25, 0.3) is 0 Å². The zero-order chi connectivity index (χ0) is 19.4. The van der Waals surface area contributed by atoms with Crippen LogP contribution in [0, 0.1) is 4.77 Å². The molecular weight excluding hydrogens is 360 g/mol. The van der Waals surface area contributed by atoms with Gasteiger partial charge in [-0.05, 0) is 49.0 Å². The Morgan fingerprint density at radius 3 is 2.52 bits per heavy atom. The standard InChI is InChI=1S/C20H22N4O2S/c1-14(15-7-5-4-6-8-15)23(2)18(25)13-24-19(21-22-20(24)27)16-9-11-17(26-3)12-10-16/h4-12,14H,13H2,1-3H3,(H,22,27)/t14-/m0/s1. The highest BCUT2D eigenvalue weighted by Crippen LogP contribution is 2.22. The van der Waals surface area contributed by atoms with Crippen LogP contribution in [-0.2, 0) is 11.3 Å². The van der Waals surface area contributed by atoms with E-state index in [2.05, 4.69) is 10.2 Å². The number of ether oxygens (including phenoxy) is 1. The van der Waals surface area contributed by atoms with Crippen LogP contribution in [0.25, 0.3) is 11.4 Å². The second kappa shape index (κ2) is 8.18. The van der Waals surface area contributed by atoms with E-state index >= 15 is 0 Å². The maximum absolute atomic E-state index is 12.9. The van der Waals surface area contributed by atoms with Crippen LogP contribution in [0.15, 0.2) is 54.6 Å². The molecule has 7 heteroatoms. The molecule has 140 valence electrons. The first-order valence-electron chi connectivity index (χ1n) is 8.61. The fraction of sp³-hybridized carbons (Fsp3) is 0.250. The number of carbonyl (C=O) groups is 1. The van der Waals surface area contributed by atoms with E-state index in [0.29, 0.717) is 10.6 Å². The van der Waals surface area contributed by atoms with Gasteiger partial charge < -0.3 is 9.64 Å². The fourth-order valence-corrected chi connectivity index (χ4v) is 3.04. The highest BCUT2D eigenvalue weighted by molar-refractivity contribution is 7.71. The van der Waals surface area contributed by atoms with Crippen LogP contribution in [0.5, 0.6) is 5.75 Å². The summed E-state index contributed by atoms with van der Waals surface area (Å²) in [6.45, 7) is 2.12. The molecule has 0 aliphatic carbocycles. The third kappa shape index (κ3) is 4.09. The molecule has 27 heavy (non-hydrogen) atoms. The van der Waals surface area contributed by atoms with Crippen molar-refractivity contribution in [3.8, 4) is 17.1 Å². The predicted molar refractivity (Wildman–Crippen MR) is 107 cm³/mol. The quantitative estimate of drug-likeness (QED) is 0.658. The second-order valence-corrected chi connectivity index (χ2v) is 6.65. The topological polar surface area (TPSA) is 63.1 Å². The van der Waals surface area contributed by atoms with Crippen molar-refractivity contribution in [1.82, 2.24) is 19.7 Å². The summed E-state index contributed by atoms with van der Waals surface area (Å²) in [7, 11) is 3.42. The van der Waals surface area contributed by atoms with Gasteiger partial charge in [-0.15, -0.1) is 0 Å². The Balaban J connectivity index is 1.82. The molecule has 0 radical (unpaired) electrons. The molecule has 0 aliphatic heterocycles. The molecular formula is C20H22N4O2S. The lowest BCUT2D eigenvalue weighted by Crippen LogP contribution is -2.32. The molecule has 0 aliphatic rings. The van der Waals surface area contributed by atoms with Crippen molar-refractivity contribution < 1.29 is 9.53 Å². The van der Waals surface area contributed by atoms with Gasteiger partial charge >= 0.3 is 0 Å². The first-order valence-corrected chi connectivity index (χ1v) is 9.02. The Labute approximate surface area is 163 Å². The van der Waals surface area contributed by atoms with Crippen LogP contribution in [0.3, 0.4) is 0 Å². The summed E-state index contributed by atoms with van der Waals surface area (Å²) < 4.78 is 7.32. The molecule has 0 bridgehead atoms. The third-order valence-corrected chi connectivity index (χ3v) is 4.97. The molecule has 1 N–H and O–H groups in total. The van der Waals surface area contributed by atoms with Crippen LogP contribution in [0.1, 0.15) is 18.5 Å². The largest absolute Gasteiger partial charge is 0.497 e. The number of H-pyrrole nitrogens is 1. The number of aromatic nitrogens is 3. The van der Waals surface area contributed by atoms with Crippen molar-refractivity contribution in [3.05, 3.63) is 64.9 Å². The zero-order valence-electron chi connectivity index (χ0n) is 15.5. The Kier molecular flexibility index (Phi) is 5.71. The SMILES string of the molecule is COc1ccc(-c2n[nH]c(=S)n2CC(=O)N(C)[C@@H](C)c2ccccc2)cc1. The predicted octanol–water partition coefficient (Wildman–Crippen LogP) is 3.84. The van der Waals surface area contributed by atoms with Crippen molar-refractivity contribution in [2.24, 2.45) is 0 Å². The van der Waals surface area contributed by atoms with Gasteiger partial charge in [0.05, 0.1) is 13.2 Å². The summed E-state index contributed by atoms with van der Waals surface area (Å²) in [6, 6.07) is 17.4. The van der Waals surface area contributed by atoms with Crippen molar-refractivity contribution in [2.45, 2.75) is 19.5 Å². The molecule has 1 atom stereocenters. The first kappa shape index (κ1) is 18.8. The van der Waals surface area contributed by atoms with Crippen molar-refractivity contribution in [1.29, 1.82) is 0 Å². The lowest BCUT2D eigenvalue weighted by molar-refractivity contribution is -0.132. The van der Waals surface area contributed by atoms with Crippen LogP contribution in [0.2, 0.25) is 0 Å². The van der Waals surface area contributed by atoms with Crippen LogP contribution >= 0.6 is 12.2 Å². The number of benzene rings is 2. The number of hydrogen-bond donors (Lipinski definition) is 1. The van der Waals surface area contributed by atoms with Crippen LogP contribution < -0.4 is 4.74 Å². The number of hydrogen-bond acceptors (Lipinski definition) is 4. The molecule has 1 heterocycles. The second-order valence-electron chi connectivity index (χ2n) is 6.26. The Morgan fingerprint density at radius 1 is 1.22 bits per heavy atom. The Hall–Kier alpha value is -2.93. The Bertz CT molecular complexity index is 964. The van der Waals surface area contributed by atoms with E-state index in [1.165, 1.54) is 0 Å². The van der Waals surface area contributed by atoms with E-state index in [-0.39, 0.29) is 18.5 Å². The van der Waals surface area contributed by atoms with Gasteiger partial charge in [0.15, 0.2) is 10.6 Å². The smallest absolute Gasteiger partial charge is 0.242 e. The number of carbonyl (C=O) groups excluding carboxylic acids is 1. The van der Waals surface area contributed by atoms with Gasteiger partial charge in [-0.3, -0.25) is 14.5 Å².